The lowest BCUT2D eigenvalue weighted by molar-refractivity contribution is -0.137. The van der Waals surface area contributed by atoms with E-state index < -0.39 is 23.7 Å². The van der Waals surface area contributed by atoms with E-state index in [2.05, 4.69) is 21.4 Å². The van der Waals surface area contributed by atoms with Crippen LogP contribution in [0.25, 0.3) is 10.8 Å². The molecule has 3 aromatic rings. The highest BCUT2D eigenvalue weighted by molar-refractivity contribution is 5.89. The Morgan fingerprint density at radius 1 is 1.09 bits per heavy atom. The molecule has 1 amide bonds. The minimum Gasteiger partial charge on any atom is -0.496 e. The lowest BCUT2D eigenvalue weighted by Gasteiger charge is -2.17. The van der Waals surface area contributed by atoms with Gasteiger partial charge in [0.05, 0.1) is 24.9 Å². The summed E-state index contributed by atoms with van der Waals surface area (Å²) in [5.41, 5.74) is 8.35. The first kappa shape index (κ1) is 21.8. The van der Waals surface area contributed by atoms with Crippen molar-refractivity contribution in [1.82, 2.24) is 16.3 Å². The van der Waals surface area contributed by atoms with Gasteiger partial charge in [-0.25, -0.2) is 16.3 Å². The summed E-state index contributed by atoms with van der Waals surface area (Å²) in [7, 11) is 1.59. The fourth-order valence-corrected chi connectivity index (χ4v) is 3.84. The second-order valence-electron chi connectivity index (χ2n) is 7.35. The lowest BCUT2D eigenvalue weighted by atomic mass is 9.95. The van der Waals surface area contributed by atoms with Gasteiger partial charge in [-0.2, -0.15) is 18.3 Å². The van der Waals surface area contributed by atoms with Crippen molar-refractivity contribution in [3.63, 3.8) is 0 Å². The average molecular weight is 442 g/mol. The first-order chi connectivity index (χ1) is 15.4. The number of hydrogen-bond acceptors (Lipinski definition) is 5. The third-order valence-electron chi connectivity index (χ3n) is 5.36. The van der Waals surface area contributed by atoms with Crippen LogP contribution in [-0.2, 0) is 11.0 Å². The number of fused-ring (bicyclic) bond motifs is 1. The number of nitrogens with one attached hydrogen (secondary N) is 3. The van der Waals surface area contributed by atoms with Crippen molar-refractivity contribution in [3.8, 4) is 5.75 Å². The Bertz CT molecular complexity index is 1160. The van der Waals surface area contributed by atoms with Gasteiger partial charge in [0.2, 0.25) is 0 Å². The van der Waals surface area contributed by atoms with Crippen LogP contribution < -0.4 is 21.0 Å². The number of ether oxygens (including phenoxy) is 1. The summed E-state index contributed by atoms with van der Waals surface area (Å²) in [6.45, 7) is 0. The maximum Gasteiger partial charge on any atom is 0.417 e. The highest BCUT2D eigenvalue weighted by Crippen LogP contribution is 2.36. The Kier molecular flexibility index (Phi) is 6.11. The van der Waals surface area contributed by atoms with Gasteiger partial charge in [-0.05, 0) is 29.3 Å². The van der Waals surface area contributed by atoms with E-state index in [1.165, 1.54) is 18.2 Å². The molecule has 1 heterocycles. The van der Waals surface area contributed by atoms with E-state index in [0.29, 0.717) is 12.2 Å². The first-order valence-electron chi connectivity index (χ1n) is 9.94. The molecule has 166 valence electrons. The molecule has 4 rings (SSSR count). The third kappa shape index (κ3) is 4.44. The Balaban J connectivity index is 1.47. The van der Waals surface area contributed by atoms with Crippen LogP contribution in [0.15, 0.2) is 65.8 Å². The molecule has 0 radical (unpaired) electrons. The number of hydrazone groups is 1. The molecule has 1 saturated heterocycles. The van der Waals surface area contributed by atoms with Crippen molar-refractivity contribution in [1.29, 1.82) is 0 Å². The molecule has 2 unspecified atom stereocenters. The summed E-state index contributed by atoms with van der Waals surface area (Å²) in [4.78, 5) is 12.5. The number of alkyl halides is 3. The number of hydrogen-bond donors (Lipinski definition) is 3. The maximum atomic E-state index is 13.1. The number of halogens is 3. The minimum absolute atomic E-state index is 0.129. The third-order valence-corrected chi connectivity index (χ3v) is 5.36. The van der Waals surface area contributed by atoms with Crippen LogP contribution in [0.4, 0.5) is 13.2 Å². The predicted molar refractivity (Wildman–Crippen MR) is 115 cm³/mol. The number of carbonyl (C=O) groups excluding carboxylic acids is 1. The molecule has 0 aromatic heterocycles. The standard InChI is InChI=1S/C23H21F3N4O2/c1-32-20-11-10-14-6-2-4-8-16(14)21(20)18-12-19(29-28-18)22(31)30-27-13-15-7-3-5-9-17(15)23(24,25)26/h2-11,13,18-19,28-29H,12H2,1H3,(H,30,31)/b27-13+. The van der Waals surface area contributed by atoms with Gasteiger partial charge in [0.15, 0.2) is 0 Å². The van der Waals surface area contributed by atoms with Crippen LogP contribution in [-0.4, -0.2) is 25.3 Å². The topological polar surface area (TPSA) is 74.8 Å². The van der Waals surface area contributed by atoms with E-state index in [4.69, 9.17) is 4.74 Å². The van der Waals surface area contributed by atoms with Crippen molar-refractivity contribution < 1.29 is 22.7 Å². The normalized spacial score (nSPS) is 18.9. The molecule has 9 heteroatoms. The number of methoxy groups -OCH3 is 1. The van der Waals surface area contributed by atoms with Crippen molar-refractivity contribution in [3.05, 3.63) is 77.4 Å². The molecular weight excluding hydrogens is 421 g/mol. The average Bonchev–Trinajstić information content (AvgIpc) is 3.28. The van der Waals surface area contributed by atoms with E-state index in [9.17, 15) is 18.0 Å². The van der Waals surface area contributed by atoms with Crippen LogP contribution in [0.3, 0.4) is 0 Å². The lowest BCUT2D eigenvalue weighted by Crippen LogP contribution is -2.41. The number of hydrazine groups is 1. The van der Waals surface area contributed by atoms with E-state index >= 15 is 0 Å². The highest BCUT2D eigenvalue weighted by atomic mass is 19.4. The van der Waals surface area contributed by atoms with Crippen LogP contribution in [0, 0.1) is 0 Å². The molecule has 2 atom stereocenters. The summed E-state index contributed by atoms with van der Waals surface area (Å²) in [5.74, 6) is 0.241. The zero-order chi connectivity index (χ0) is 22.7. The van der Waals surface area contributed by atoms with Gasteiger partial charge in [-0.1, -0.05) is 48.5 Å². The maximum absolute atomic E-state index is 13.1. The second-order valence-corrected chi connectivity index (χ2v) is 7.35. The van der Waals surface area contributed by atoms with Crippen molar-refractivity contribution in [2.24, 2.45) is 5.10 Å². The van der Waals surface area contributed by atoms with Crippen LogP contribution in [0.1, 0.15) is 29.2 Å². The van der Waals surface area contributed by atoms with Crippen molar-refractivity contribution >= 4 is 22.9 Å². The number of rotatable bonds is 5. The summed E-state index contributed by atoms with van der Waals surface area (Å²) in [5, 5.41) is 5.78. The van der Waals surface area contributed by atoms with Gasteiger partial charge in [0, 0.05) is 11.1 Å². The summed E-state index contributed by atoms with van der Waals surface area (Å²) in [6.07, 6.45) is -3.10. The molecule has 1 aliphatic heterocycles. The number of carbonyl (C=O) groups is 1. The summed E-state index contributed by atoms with van der Waals surface area (Å²) in [6, 6.07) is 15.9. The Morgan fingerprint density at radius 2 is 1.84 bits per heavy atom. The molecule has 1 fully saturated rings. The van der Waals surface area contributed by atoms with E-state index in [1.807, 2.05) is 36.4 Å². The summed E-state index contributed by atoms with van der Waals surface area (Å²) >= 11 is 0. The van der Waals surface area contributed by atoms with Crippen molar-refractivity contribution in [2.75, 3.05) is 7.11 Å². The van der Waals surface area contributed by atoms with Gasteiger partial charge in [0.25, 0.3) is 5.91 Å². The van der Waals surface area contributed by atoms with Gasteiger partial charge in [-0.3, -0.25) is 4.79 Å². The second kappa shape index (κ2) is 8.97. The highest BCUT2D eigenvalue weighted by Gasteiger charge is 2.34. The SMILES string of the molecule is COc1ccc2ccccc2c1C1CC(C(=O)N/N=C/c2ccccc2C(F)(F)F)NN1. The Hall–Kier alpha value is -3.43. The van der Waals surface area contributed by atoms with E-state index in [-0.39, 0.29) is 11.6 Å². The quantitative estimate of drug-likeness (QED) is 0.414. The smallest absolute Gasteiger partial charge is 0.417 e. The van der Waals surface area contributed by atoms with E-state index in [0.717, 1.165) is 28.6 Å². The molecule has 1 aliphatic rings. The molecule has 0 aliphatic carbocycles. The molecular formula is C23H21F3N4O2. The molecule has 6 nitrogen and oxygen atoms in total. The molecule has 32 heavy (non-hydrogen) atoms. The fraction of sp³-hybridized carbons (Fsp3) is 0.217. The van der Waals surface area contributed by atoms with Gasteiger partial charge in [-0.15, -0.1) is 0 Å². The zero-order valence-corrected chi connectivity index (χ0v) is 17.1. The van der Waals surface area contributed by atoms with Gasteiger partial charge >= 0.3 is 6.18 Å². The molecule has 0 spiro atoms. The summed E-state index contributed by atoms with van der Waals surface area (Å²) < 4.78 is 44.8. The van der Waals surface area contributed by atoms with Gasteiger partial charge in [0.1, 0.15) is 11.8 Å². The van der Waals surface area contributed by atoms with E-state index in [1.54, 1.807) is 7.11 Å². The number of benzene rings is 3. The molecule has 3 N–H and O–H groups in total. The van der Waals surface area contributed by atoms with Crippen LogP contribution in [0.5, 0.6) is 5.75 Å². The Labute approximate surface area is 182 Å². The van der Waals surface area contributed by atoms with Crippen molar-refractivity contribution in [2.45, 2.75) is 24.7 Å². The molecule has 0 bridgehead atoms. The minimum atomic E-state index is -4.51. The Morgan fingerprint density at radius 3 is 2.62 bits per heavy atom. The molecule has 3 aromatic carbocycles. The largest absolute Gasteiger partial charge is 0.496 e. The molecule has 0 saturated carbocycles. The van der Waals surface area contributed by atoms with Crippen LogP contribution >= 0.6 is 0 Å². The van der Waals surface area contributed by atoms with Crippen LogP contribution in [0.2, 0.25) is 0 Å². The monoisotopic (exact) mass is 442 g/mol. The predicted octanol–water partition coefficient (Wildman–Crippen LogP) is 3.93. The zero-order valence-electron chi connectivity index (χ0n) is 17.1. The number of amides is 1. The van der Waals surface area contributed by atoms with Gasteiger partial charge < -0.3 is 4.74 Å². The first-order valence-corrected chi connectivity index (χ1v) is 9.94. The fourth-order valence-electron chi connectivity index (χ4n) is 3.84. The number of nitrogens with zero attached hydrogens (tertiary/aromatic N) is 1.